The number of aliphatic hydroxyl groups excluding tert-OH is 1. The number of carbonyl (C=O) groups is 1. The van der Waals surface area contributed by atoms with Gasteiger partial charge in [-0.05, 0) is 13.3 Å². The molecule has 0 aromatic rings. The summed E-state index contributed by atoms with van der Waals surface area (Å²) in [5, 5.41) is 17.2. The van der Waals surface area contributed by atoms with Crippen LogP contribution in [0.4, 0.5) is 0 Å². The maximum absolute atomic E-state index is 10.1. The van der Waals surface area contributed by atoms with E-state index in [9.17, 15) is 4.79 Å². The highest BCUT2D eigenvalue weighted by Crippen LogP contribution is 2.05. The van der Waals surface area contributed by atoms with Gasteiger partial charge in [0.05, 0.1) is 12.0 Å². The fraction of sp³-hybridized carbons (Fsp3) is 0.833. The van der Waals surface area contributed by atoms with Crippen molar-refractivity contribution in [1.29, 1.82) is 0 Å². The molecule has 0 rings (SSSR count). The number of hydrogen-bond acceptors (Lipinski definition) is 2. The summed E-state index contributed by atoms with van der Waals surface area (Å²) in [6.45, 7) is 3.25. The molecule has 0 heterocycles. The summed E-state index contributed by atoms with van der Waals surface area (Å²) < 4.78 is 0. The Morgan fingerprint density at radius 2 is 2.11 bits per heavy atom. The van der Waals surface area contributed by atoms with Crippen LogP contribution < -0.4 is 0 Å². The van der Waals surface area contributed by atoms with Crippen LogP contribution in [-0.2, 0) is 4.79 Å². The zero-order chi connectivity index (χ0) is 7.44. The van der Waals surface area contributed by atoms with Gasteiger partial charge in [-0.3, -0.25) is 4.79 Å². The lowest BCUT2D eigenvalue weighted by molar-refractivity contribution is -0.144. The SMILES string of the molecule is CC[C@@H](O)[C@H](C)C(=O)O. The quantitative estimate of drug-likeness (QED) is 0.587. The lowest BCUT2D eigenvalue weighted by Crippen LogP contribution is -2.24. The minimum absolute atomic E-state index is 0.494. The van der Waals surface area contributed by atoms with Crippen LogP contribution in [0.5, 0.6) is 0 Å². The van der Waals surface area contributed by atoms with Crippen molar-refractivity contribution in [3.05, 3.63) is 0 Å². The van der Waals surface area contributed by atoms with E-state index < -0.39 is 18.0 Å². The predicted molar refractivity (Wildman–Crippen MR) is 33.1 cm³/mol. The first-order valence-electron chi connectivity index (χ1n) is 3.00. The minimum atomic E-state index is -0.940. The molecule has 0 aliphatic heterocycles. The largest absolute Gasteiger partial charge is 0.481 e. The smallest absolute Gasteiger partial charge is 0.308 e. The summed E-state index contributed by atoms with van der Waals surface area (Å²) >= 11 is 0. The third-order valence-electron chi connectivity index (χ3n) is 1.38. The van der Waals surface area contributed by atoms with Crippen molar-refractivity contribution in [3.8, 4) is 0 Å². The van der Waals surface area contributed by atoms with Gasteiger partial charge in [0.1, 0.15) is 0 Å². The van der Waals surface area contributed by atoms with Crippen LogP contribution in [0.25, 0.3) is 0 Å². The van der Waals surface area contributed by atoms with E-state index in [2.05, 4.69) is 0 Å². The lowest BCUT2D eigenvalue weighted by Gasteiger charge is -2.10. The molecule has 0 spiro atoms. The topological polar surface area (TPSA) is 57.5 Å². The highest BCUT2D eigenvalue weighted by Gasteiger charge is 2.18. The minimum Gasteiger partial charge on any atom is -0.481 e. The third kappa shape index (κ3) is 2.46. The molecule has 0 saturated carbocycles. The standard InChI is InChI=1S/C6H12O3/c1-3-5(7)4(2)6(8)9/h4-5,7H,3H2,1-2H3,(H,8,9)/t4-,5+/m0/s1. The number of aliphatic carboxylic acids is 1. The van der Waals surface area contributed by atoms with E-state index >= 15 is 0 Å². The van der Waals surface area contributed by atoms with E-state index in [4.69, 9.17) is 10.2 Å². The van der Waals surface area contributed by atoms with Crippen molar-refractivity contribution < 1.29 is 15.0 Å². The Labute approximate surface area is 54.3 Å². The Kier molecular flexibility index (Phi) is 3.24. The molecule has 2 N–H and O–H groups in total. The molecule has 0 saturated heterocycles. The number of hydrogen-bond donors (Lipinski definition) is 2. The van der Waals surface area contributed by atoms with Gasteiger partial charge in [0.25, 0.3) is 0 Å². The van der Waals surface area contributed by atoms with E-state index in [0.717, 1.165) is 0 Å². The maximum Gasteiger partial charge on any atom is 0.308 e. The molecule has 0 aliphatic carbocycles. The molecule has 3 heteroatoms. The van der Waals surface area contributed by atoms with E-state index in [0.29, 0.717) is 6.42 Å². The van der Waals surface area contributed by atoms with Crippen molar-refractivity contribution in [2.24, 2.45) is 5.92 Å². The summed E-state index contributed by atoms with van der Waals surface area (Å²) in [7, 11) is 0. The highest BCUT2D eigenvalue weighted by atomic mass is 16.4. The summed E-state index contributed by atoms with van der Waals surface area (Å²) in [5.41, 5.74) is 0. The fourth-order valence-corrected chi connectivity index (χ4v) is 0.518. The van der Waals surface area contributed by atoms with Gasteiger partial charge in [0.15, 0.2) is 0 Å². The van der Waals surface area contributed by atoms with Crippen molar-refractivity contribution in [3.63, 3.8) is 0 Å². The molecular weight excluding hydrogens is 120 g/mol. The van der Waals surface area contributed by atoms with E-state index in [1.807, 2.05) is 0 Å². The molecule has 0 bridgehead atoms. The zero-order valence-electron chi connectivity index (χ0n) is 5.66. The fourth-order valence-electron chi connectivity index (χ4n) is 0.518. The number of carboxylic acids is 1. The Hall–Kier alpha value is -0.570. The van der Waals surface area contributed by atoms with Gasteiger partial charge in [-0.2, -0.15) is 0 Å². The van der Waals surface area contributed by atoms with Crippen LogP contribution in [0, 0.1) is 5.92 Å². The first-order chi connectivity index (χ1) is 4.09. The van der Waals surface area contributed by atoms with Gasteiger partial charge >= 0.3 is 5.97 Å². The molecule has 2 atom stereocenters. The number of carboxylic acid groups (broad SMARTS) is 1. The van der Waals surface area contributed by atoms with Crippen molar-refractivity contribution in [2.75, 3.05) is 0 Å². The van der Waals surface area contributed by atoms with Crippen LogP contribution in [0.15, 0.2) is 0 Å². The molecule has 0 fully saturated rings. The molecular formula is C6H12O3. The Morgan fingerprint density at radius 3 is 2.22 bits per heavy atom. The second-order valence-electron chi connectivity index (χ2n) is 2.10. The average Bonchev–Trinajstić information content (AvgIpc) is 1.84. The second kappa shape index (κ2) is 3.45. The molecule has 9 heavy (non-hydrogen) atoms. The first kappa shape index (κ1) is 8.43. The van der Waals surface area contributed by atoms with Crippen LogP contribution in [0.1, 0.15) is 20.3 Å². The van der Waals surface area contributed by atoms with Crippen LogP contribution in [-0.4, -0.2) is 22.3 Å². The summed E-state index contributed by atoms with van der Waals surface area (Å²) in [6.07, 6.45) is -0.213. The predicted octanol–water partition coefficient (Wildman–Crippen LogP) is 0.478. The molecule has 0 aliphatic rings. The molecule has 54 valence electrons. The highest BCUT2D eigenvalue weighted by molar-refractivity contribution is 5.70. The van der Waals surface area contributed by atoms with Gasteiger partial charge in [-0.1, -0.05) is 6.92 Å². The van der Waals surface area contributed by atoms with Gasteiger partial charge < -0.3 is 10.2 Å². The van der Waals surface area contributed by atoms with Gasteiger partial charge in [0.2, 0.25) is 0 Å². The summed E-state index contributed by atoms with van der Waals surface area (Å²) in [6, 6.07) is 0. The average molecular weight is 132 g/mol. The van der Waals surface area contributed by atoms with E-state index in [1.165, 1.54) is 6.92 Å². The summed E-state index contributed by atoms with van der Waals surface area (Å²) in [4.78, 5) is 10.1. The van der Waals surface area contributed by atoms with Crippen LogP contribution in [0.3, 0.4) is 0 Å². The van der Waals surface area contributed by atoms with Crippen molar-refractivity contribution in [2.45, 2.75) is 26.4 Å². The number of aliphatic hydroxyl groups is 1. The summed E-state index contributed by atoms with van der Waals surface area (Å²) in [5.74, 6) is -1.58. The first-order valence-corrected chi connectivity index (χ1v) is 3.00. The molecule has 0 amide bonds. The zero-order valence-corrected chi connectivity index (χ0v) is 5.66. The van der Waals surface area contributed by atoms with Crippen molar-refractivity contribution >= 4 is 5.97 Å². The van der Waals surface area contributed by atoms with Gasteiger partial charge in [0, 0.05) is 0 Å². The molecule has 0 unspecified atom stereocenters. The monoisotopic (exact) mass is 132 g/mol. The van der Waals surface area contributed by atoms with Crippen molar-refractivity contribution in [1.82, 2.24) is 0 Å². The molecule has 0 radical (unpaired) electrons. The van der Waals surface area contributed by atoms with E-state index in [1.54, 1.807) is 6.92 Å². The van der Waals surface area contributed by atoms with Crippen LogP contribution in [0.2, 0.25) is 0 Å². The Bertz CT molecular complexity index is 100. The molecule has 0 aromatic heterocycles. The van der Waals surface area contributed by atoms with Crippen LogP contribution >= 0.6 is 0 Å². The second-order valence-corrected chi connectivity index (χ2v) is 2.10. The van der Waals surface area contributed by atoms with E-state index in [-0.39, 0.29) is 0 Å². The Morgan fingerprint density at radius 1 is 1.67 bits per heavy atom. The normalized spacial score (nSPS) is 16.8. The molecule has 0 aromatic carbocycles. The maximum atomic E-state index is 10.1. The number of rotatable bonds is 3. The third-order valence-corrected chi connectivity index (χ3v) is 1.38. The lowest BCUT2D eigenvalue weighted by atomic mass is 10.0. The van der Waals surface area contributed by atoms with Gasteiger partial charge in [-0.25, -0.2) is 0 Å². The Balaban J connectivity index is 3.72. The van der Waals surface area contributed by atoms with Gasteiger partial charge in [-0.15, -0.1) is 0 Å². The molecule has 3 nitrogen and oxygen atoms in total.